The number of unbranched alkanes of at least 4 members (excludes halogenated alkanes) is 2. The molecule has 0 aliphatic heterocycles. The fourth-order valence-corrected chi connectivity index (χ4v) is 2.11. The highest BCUT2D eigenvalue weighted by Crippen LogP contribution is 2.10. The molecule has 1 rings (SSSR count). The summed E-state index contributed by atoms with van der Waals surface area (Å²) in [7, 11) is 2.12. The van der Waals surface area contributed by atoms with E-state index in [1.54, 1.807) is 7.11 Å². The Morgan fingerprint density at radius 2 is 1.89 bits per heavy atom. The molecule has 2 N–H and O–H groups in total. The van der Waals surface area contributed by atoms with Gasteiger partial charge in [-0.15, -0.1) is 0 Å². The van der Waals surface area contributed by atoms with Gasteiger partial charge in [-0.3, -0.25) is 0 Å². The third-order valence-corrected chi connectivity index (χ3v) is 3.31. The number of aliphatic hydroxyl groups is 1. The van der Waals surface area contributed by atoms with Crippen LogP contribution in [0.5, 0.6) is 0 Å². The average Bonchev–Trinajstić information content (AvgIpc) is 2.45. The molecule has 0 aliphatic rings. The molecule has 0 radical (unpaired) electrons. The number of hydrogen-bond donors (Lipinski definition) is 2. The van der Waals surface area contributed by atoms with E-state index >= 15 is 0 Å². The number of rotatable bonds is 10. The fourth-order valence-electron chi connectivity index (χ4n) is 2.11. The summed E-state index contributed by atoms with van der Waals surface area (Å²) in [5.41, 5.74) is 2.66. The SMILES string of the molecule is CCCCCc1ccc(C[C@@H](CO)NBOC)cc1. The first-order valence-corrected chi connectivity index (χ1v) is 7.21. The van der Waals surface area contributed by atoms with Crippen molar-refractivity contribution in [3.8, 4) is 0 Å². The van der Waals surface area contributed by atoms with Crippen LogP contribution in [0.1, 0.15) is 37.3 Å². The zero-order valence-corrected chi connectivity index (χ0v) is 12.2. The molecule has 4 heteroatoms. The van der Waals surface area contributed by atoms with Crippen molar-refractivity contribution < 1.29 is 9.76 Å². The molecule has 0 unspecified atom stereocenters. The number of aryl methyl sites for hydroxylation is 1. The second-order valence-electron chi connectivity index (χ2n) is 4.99. The van der Waals surface area contributed by atoms with Gasteiger partial charge in [-0.2, -0.15) is 0 Å². The minimum atomic E-state index is 0.0610. The molecule has 0 bridgehead atoms. The minimum Gasteiger partial charge on any atom is -0.427 e. The summed E-state index contributed by atoms with van der Waals surface area (Å²) in [6.45, 7) is 2.35. The van der Waals surface area contributed by atoms with Crippen LogP contribution in [-0.4, -0.2) is 32.5 Å². The van der Waals surface area contributed by atoms with E-state index in [0.29, 0.717) is 7.62 Å². The van der Waals surface area contributed by atoms with Gasteiger partial charge in [-0.05, 0) is 30.4 Å². The van der Waals surface area contributed by atoms with E-state index in [1.165, 1.54) is 36.8 Å². The molecule has 0 saturated heterocycles. The van der Waals surface area contributed by atoms with E-state index in [1.807, 2.05) is 0 Å². The van der Waals surface area contributed by atoms with Gasteiger partial charge < -0.3 is 15.0 Å². The van der Waals surface area contributed by atoms with Crippen molar-refractivity contribution in [2.75, 3.05) is 13.7 Å². The molecule has 3 nitrogen and oxygen atoms in total. The number of hydrogen-bond acceptors (Lipinski definition) is 3. The highest BCUT2D eigenvalue weighted by Gasteiger charge is 2.08. The molecular formula is C15H26BNO2. The quantitative estimate of drug-likeness (QED) is 0.500. The van der Waals surface area contributed by atoms with Crippen molar-refractivity contribution in [3.05, 3.63) is 35.4 Å². The summed E-state index contributed by atoms with van der Waals surface area (Å²) in [6, 6.07) is 8.80. The molecular weight excluding hydrogens is 237 g/mol. The Morgan fingerprint density at radius 1 is 1.21 bits per heavy atom. The van der Waals surface area contributed by atoms with Gasteiger partial charge in [0.05, 0.1) is 6.61 Å². The van der Waals surface area contributed by atoms with E-state index in [0.717, 1.165) is 6.42 Å². The van der Waals surface area contributed by atoms with Crippen molar-refractivity contribution in [3.63, 3.8) is 0 Å². The Morgan fingerprint density at radius 3 is 2.47 bits per heavy atom. The van der Waals surface area contributed by atoms with Crippen LogP contribution in [-0.2, 0) is 17.5 Å². The van der Waals surface area contributed by atoms with Crippen molar-refractivity contribution in [2.45, 2.75) is 45.1 Å². The molecule has 106 valence electrons. The predicted molar refractivity (Wildman–Crippen MR) is 81.5 cm³/mol. The van der Waals surface area contributed by atoms with Crippen LogP contribution in [0.3, 0.4) is 0 Å². The first-order valence-electron chi connectivity index (χ1n) is 7.21. The molecule has 1 aromatic carbocycles. The standard InChI is InChI=1S/C15H26BNO2/c1-3-4-5-6-13-7-9-14(10-8-13)11-15(12-18)17-16-19-2/h7-10,15-18H,3-6,11-12H2,1-2H3/t15-/m0/s1. The van der Waals surface area contributed by atoms with Crippen molar-refractivity contribution in [2.24, 2.45) is 0 Å². The van der Waals surface area contributed by atoms with E-state index in [2.05, 4.69) is 36.4 Å². The van der Waals surface area contributed by atoms with Gasteiger partial charge in [0.15, 0.2) is 0 Å². The molecule has 0 spiro atoms. The third kappa shape index (κ3) is 6.76. The number of aliphatic hydroxyl groups excluding tert-OH is 1. The Bertz CT molecular complexity index is 329. The van der Waals surface area contributed by atoms with Crippen LogP contribution in [0.4, 0.5) is 0 Å². The maximum Gasteiger partial charge on any atom is 0.360 e. The highest BCUT2D eigenvalue weighted by molar-refractivity contribution is 6.23. The fraction of sp³-hybridized carbons (Fsp3) is 0.600. The van der Waals surface area contributed by atoms with Gasteiger partial charge in [0, 0.05) is 13.2 Å². The van der Waals surface area contributed by atoms with E-state index in [4.69, 9.17) is 4.65 Å². The predicted octanol–water partition coefficient (Wildman–Crippen LogP) is 1.83. The van der Waals surface area contributed by atoms with E-state index in [-0.39, 0.29) is 12.6 Å². The van der Waals surface area contributed by atoms with E-state index < -0.39 is 0 Å². The van der Waals surface area contributed by atoms with Crippen molar-refractivity contribution >= 4 is 7.62 Å². The third-order valence-electron chi connectivity index (χ3n) is 3.31. The van der Waals surface area contributed by atoms with Crippen molar-refractivity contribution in [1.29, 1.82) is 0 Å². The molecule has 0 saturated carbocycles. The minimum absolute atomic E-state index is 0.0610. The Labute approximate surface area is 117 Å². The lowest BCUT2D eigenvalue weighted by Crippen LogP contribution is -2.37. The maximum absolute atomic E-state index is 9.29. The smallest absolute Gasteiger partial charge is 0.360 e. The zero-order chi connectivity index (χ0) is 13.9. The topological polar surface area (TPSA) is 41.5 Å². The molecule has 0 heterocycles. The van der Waals surface area contributed by atoms with Gasteiger partial charge in [0.1, 0.15) is 0 Å². The second-order valence-corrected chi connectivity index (χ2v) is 4.99. The first-order chi connectivity index (χ1) is 9.30. The van der Waals surface area contributed by atoms with Gasteiger partial charge >= 0.3 is 7.62 Å². The lowest BCUT2D eigenvalue weighted by atomic mass is 10.0. The molecule has 19 heavy (non-hydrogen) atoms. The Hall–Kier alpha value is -0.835. The van der Waals surface area contributed by atoms with Crippen LogP contribution >= 0.6 is 0 Å². The van der Waals surface area contributed by atoms with Crippen LogP contribution < -0.4 is 5.23 Å². The normalized spacial score (nSPS) is 12.4. The van der Waals surface area contributed by atoms with Gasteiger partial charge in [-0.25, -0.2) is 0 Å². The average molecular weight is 263 g/mol. The molecule has 0 fully saturated rings. The van der Waals surface area contributed by atoms with Gasteiger partial charge in [-0.1, -0.05) is 44.0 Å². The van der Waals surface area contributed by atoms with Gasteiger partial charge in [0.2, 0.25) is 0 Å². The van der Waals surface area contributed by atoms with Crippen LogP contribution in [0.15, 0.2) is 24.3 Å². The molecule has 0 aliphatic carbocycles. The molecule has 1 atom stereocenters. The second kappa shape index (κ2) is 10.0. The number of nitrogens with one attached hydrogen (secondary N) is 1. The van der Waals surface area contributed by atoms with E-state index in [9.17, 15) is 5.11 Å². The van der Waals surface area contributed by atoms with Crippen molar-refractivity contribution in [1.82, 2.24) is 5.23 Å². The monoisotopic (exact) mass is 263 g/mol. The highest BCUT2D eigenvalue weighted by atomic mass is 16.4. The summed E-state index contributed by atoms with van der Waals surface area (Å²) in [4.78, 5) is 0. The summed E-state index contributed by atoms with van der Waals surface area (Å²) < 4.78 is 4.96. The molecule has 1 aromatic rings. The lowest BCUT2D eigenvalue weighted by molar-refractivity contribution is 0.252. The first kappa shape index (κ1) is 16.2. The molecule has 0 amide bonds. The van der Waals surface area contributed by atoms with Crippen LogP contribution in [0.25, 0.3) is 0 Å². The summed E-state index contributed by atoms with van der Waals surface area (Å²) >= 11 is 0. The number of benzene rings is 1. The maximum atomic E-state index is 9.29. The molecule has 0 aromatic heterocycles. The largest absolute Gasteiger partial charge is 0.427 e. The summed E-state index contributed by atoms with van der Waals surface area (Å²) in [5, 5.41) is 12.4. The van der Waals surface area contributed by atoms with Crippen LogP contribution in [0, 0.1) is 0 Å². The summed E-state index contributed by atoms with van der Waals surface area (Å²) in [5.74, 6) is 0. The zero-order valence-electron chi connectivity index (χ0n) is 12.2. The lowest BCUT2D eigenvalue weighted by Gasteiger charge is -2.15. The van der Waals surface area contributed by atoms with Crippen LogP contribution in [0.2, 0.25) is 0 Å². The summed E-state index contributed by atoms with van der Waals surface area (Å²) in [6.07, 6.45) is 5.83. The van der Waals surface area contributed by atoms with Gasteiger partial charge in [0.25, 0.3) is 0 Å². The Kier molecular flexibility index (Phi) is 8.55. The Balaban J connectivity index is 2.41.